The first kappa shape index (κ1) is 26.9. The lowest BCUT2D eigenvalue weighted by atomic mass is 10.1. The largest absolute Gasteiger partial charge is 0.493 e. The molecule has 0 atom stereocenters. The van der Waals surface area contributed by atoms with Gasteiger partial charge in [0.1, 0.15) is 5.65 Å². The van der Waals surface area contributed by atoms with Gasteiger partial charge in [0.2, 0.25) is 11.7 Å². The Morgan fingerprint density at radius 2 is 1.65 bits per heavy atom. The molecule has 2 aromatic heterocycles. The van der Waals surface area contributed by atoms with Crippen molar-refractivity contribution in [3.63, 3.8) is 0 Å². The van der Waals surface area contributed by atoms with Crippen LogP contribution in [0.15, 0.2) is 54.7 Å². The van der Waals surface area contributed by atoms with Crippen molar-refractivity contribution in [3.8, 4) is 17.2 Å². The van der Waals surface area contributed by atoms with Gasteiger partial charge >= 0.3 is 5.97 Å². The molecular weight excluding hydrogens is 512 g/mol. The fourth-order valence-corrected chi connectivity index (χ4v) is 4.69. The standard InChI is InChI=1S/C30H32N4O6/c1-37-23-12-19(13-24(38-2)27(23)39-3)15-31-21-14-22-25(33-29(35)20-10-11-20)26(30(36)40-4)34(28(22)32-16-21)17-18-8-6-5-7-9-18/h5-9,12-14,16,20,31H,10-11,15,17H2,1-4H3,(H,33,35). The molecule has 40 heavy (non-hydrogen) atoms. The lowest BCUT2D eigenvalue weighted by molar-refractivity contribution is -0.117. The van der Waals surface area contributed by atoms with Gasteiger partial charge in [0, 0.05) is 24.4 Å². The molecule has 0 saturated heterocycles. The van der Waals surface area contributed by atoms with E-state index in [-0.39, 0.29) is 17.5 Å². The van der Waals surface area contributed by atoms with Gasteiger partial charge in [-0.2, -0.15) is 0 Å². The molecule has 0 aliphatic heterocycles. The van der Waals surface area contributed by atoms with E-state index in [1.54, 1.807) is 32.1 Å². The van der Waals surface area contributed by atoms with Crippen LogP contribution in [0.5, 0.6) is 17.2 Å². The van der Waals surface area contributed by atoms with E-state index in [9.17, 15) is 9.59 Å². The van der Waals surface area contributed by atoms with Crippen molar-refractivity contribution >= 4 is 34.3 Å². The Bertz CT molecular complexity index is 1520. The second-order valence-electron chi connectivity index (χ2n) is 9.53. The summed E-state index contributed by atoms with van der Waals surface area (Å²) in [4.78, 5) is 30.7. The minimum atomic E-state index is -0.549. The molecule has 208 valence electrons. The van der Waals surface area contributed by atoms with Gasteiger partial charge in [0.05, 0.1) is 46.0 Å². The molecule has 2 heterocycles. The molecule has 10 heteroatoms. The molecule has 0 bridgehead atoms. The van der Waals surface area contributed by atoms with Gasteiger partial charge in [-0.05, 0) is 42.2 Å². The second-order valence-corrected chi connectivity index (χ2v) is 9.53. The maximum Gasteiger partial charge on any atom is 0.356 e. The van der Waals surface area contributed by atoms with Crippen LogP contribution >= 0.6 is 0 Å². The van der Waals surface area contributed by atoms with E-state index in [1.165, 1.54) is 7.11 Å². The third-order valence-corrected chi connectivity index (χ3v) is 6.88. The summed E-state index contributed by atoms with van der Waals surface area (Å²) >= 11 is 0. The van der Waals surface area contributed by atoms with E-state index < -0.39 is 5.97 Å². The summed E-state index contributed by atoms with van der Waals surface area (Å²) in [5, 5.41) is 7.02. The molecule has 2 N–H and O–H groups in total. The summed E-state index contributed by atoms with van der Waals surface area (Å²) in [7, 11) is 6.04. The Balaban J connectivity index is 1.54. The van der Waals surface area contributed by atoms with Crippen molar-refractivity contribution in [3.05, 3.63) is 71.5 Å². The summed E-state index contributed by atoms with van der Waals surface area (Å²) < 4.78 is 23.3. The molecular formula is C30H32N4O6. The zero-order chi connectivity index (χ0) is 28.2. The number of anilines is 2. The quantitative estimate of drug-likeness (QED) is 0.258. The van der Waals surface area contributed by atoms with Gasteiger partial charge in [-0.3, -0.25) is 4.79 Å². The van der Waals surface area contributed by atoms with Crippen LogP contribution in [-0.2, 0) is 22.6 Å². The number of nitrogens with one attached hydrogen (secondary N) is 2. The molecule has 10 nitrogen and oxygen atoms in total. The molecule has 1 aliphatic rings. The van der Waals surface area contributed by atoms with E-state index in [0.717, 1.165) is 24.0 Å². The number of fused-ring (bicyclic) bond motifs is 1. The molecule has 4 aromatic rings. The molecule has 2 aromatic carbocycles. The van der Waals surface area contributed by atoms with Gasteiger partial charge in [0.15, 0.2) is 17.2 Å². The highest BCUT2D eigenvalue weighted by molar-refractivity contribution is 6.11. The Hall–Kier alpha value is -4.73. The van der Waals surface area contributed by atoms with Crippen LogP contribution in [0.1, 0.15) is 34.5 Å². The highest BCUT2D eigenvalue weighted by Crippen LogP contribution is 2.39. The van der Waals surface area contributed by atoms with Crippen molar-refractivity contribution in [2.45, 2.75) is 25.9 Å². The van der Waals surface area contributed by atoms with E-state index in [0.29, 0.717) is 52.7 Å². The predicted octanol–water partition coefficient (Wildman–Crippen LogP) is 4.86. The van der Waals surface area contributed by atoms with Crippen LogP contribution in [-0.4, -0.2) is 49.9 Å². The number of benzene rings is 2. The molecule has 1 amide bonds. The predicted molar refractivity (Wildman–Crippen MR) is 151 cm³/mol. The van der Waals surface area contributed by atoms with Crippen LogP contribution < -0.4 is 24.8 Å². The zero-order valence-electron chi connectivity index (χ0n) is 22.9. The van der Waals surface area contributed by atoms with Gasteiger partial charge in [0.25, 0.3) is 0 Å². The summed E-state index contributed by atoms with van der Waals surface area (Å²) in [5.41, 5.74) is 3.80. The molecule has 0 spiro atoms. The number of methoxy groups -OCH3 is 4. The van der Waals surface area contributed by atoms with Crippen LogP contribution in [0.4, 0.5) is 11.4 Å². The maximum absolute atomic E-state index is 13.1. The van der Waals surface area contributed by atoms with Crippen LogP contribution in [0.25, 0.3) is 11.0 Å². The summed E-state index contributed by atoms with van der Waals surface area (Å²) in [6.45, 7) is 0.814. The highest BCUT2D eigenvalue weighted by Gasteiger charge is 2.33. The SMILES string of the molecule is COC(=O)c1c(NC(=O)C2CC2)c2cc(NCc3cc(OC)c(OC)c(OC)c3)cnc2n1Cc1ccccc1. The van der Waals surface area contributed by atoms with E-state index in [4.69, 9.17) is 23.9 Å². The fourth-order valence-electron chi connectivity index (χ4n) is 4.69. The summed E-state index contributed by atoms with van der Waals surface area (Å²) in [6.07, 6.45) is 3.37. The number of pyridine rings is 1. The lowest BCUT2D eigenvalue weighted by Crippen LogP contribution is -2.18. The van der Waals surface area contributed by atoms with Crippen LogP contribution in [0.2, 0.25) is 0 Å². The average Bonchev–Trinajstić information content (AvgIpc) is 3.80. The number of esters is 1. The van der Waals surface area contributed by atoms with Crippen molar-refractivity contribution in [1.29, 1.82) is 0 Å². The van der Waals surface area contributed by atoms with Crippen molar-refractivity contribution in [2.75, 3.05) is 39.1 Å². The van der Waals surface area contributed by atoms with E-state index in [2.05, 4.69) is 10.6 Å². The highest BCUT2D eigenvalue weighted by atomic mass is 16.5. The Morgan fingerprint density at radius 3 is 2.25 bits per heavy atom. The first-order chi connectivity index (χ1) is 19.5. The number of aromatic nitrogens is 2. The van der Waals surface area contributed by atoms with E-state index >= 15 is 0 Å². The topological polar surface area (TPSA) is 113 Å². The third kappa shape index (κ3) is 5.38. The second kappa shape index (κ2) is 11.6. The average molecular weight is 545 g/mol. The van der Waals surface area contributed by atoms with Gasteiger partial charge in [-0.1, -0.05) is 30.3 Å². The summed E-state index contributed by atoms with van der Waals surface area (Å²) in [5.74, 6) is 0.915. The van der Waals surface area contributed by atoms with Crippen molar-refractivity contribution in [1.82, 2.24) is 9.55 Å². The van der Waals surface area contributed by atoms with Crippen LogP contribution in [0, 0.1) is 5.92 Å². The minimum Gasteiger partial charge on any atom is -0.493 e. The minimum absolute atomic E-state index is 0.0488. The molecule has 1 saturated carbocycles. The smallest absolute Gasteiger partial charge is 0.356 e. The number of carbonyl (C=O) groups excluding carboxylic acids is 2. The number of ether oxygens (including phenoxy) is 4. The number of nitrogens with zero attached hydrogens (tertiary/aromatic N) is 2. The normalized spacial score (nSPS) is 12.6. The van der Waals surface area contributed by atoms with Gasteiger partial charge in [-0.25, -0.2) is 9.78 Å². The molecule has 0 unspecified atom stereocenters. The molecule has 5 rings (SSSR count). The number of amides is 1. The number of carbonyl (C=O) groups is 2. The molecule has 1 fully saturated rings. The number of hydrogen-bond donors (Lipinski definition) is 2. The van der Waals surface area contributed by atoms with E-state index in [1.807, 2.05) is 48.5 Å². The first-order valence-corrected chi connectivity index (χ1v) is 13.0. The third-order valence-electron chi connectivity index (χ3n) is 6.88. The monoisotopic (exact) mass is 544 g/mol. The maximum atomic E-state index is 13.1. The fraction of sp³-hybridized carbons (Fsp3) is 0.300. The number of hydrogen-bond acceptors (Lipinski definition) is 8. The van der Waals surface area contributed by atoms with Gasteiger partial charge < -0.3 is 34.1 Å². The summed E-state index contributed by atoms with van der Waals surface area (Å²) in [6, 6.07) is 15.4. The van der Waals surface area contributed by atoms with Gasteiger partial charge in [-0.15, -0.1) is 0 Å². The Morgan fingerprint density at radius 1 is 0.950 bits per heavy atom. The first-order valence-electron chi connectivity index (χ1n) is 13.0. The van der Waals surface area contributed by atoms with Crippen LogP contribution in [0.3, 0.4) is 0 Å². The van der Waals surface area contributed by atoms with Crippen molar-refractivity contribution in [2.24, 2.45) is 5.92 Å². The Kier molecular flexibility index (Phi) is 7.77. The number of rotatable bonds is 11. The Labute approximate surface area is 232 Å². The van der Waals surface area contributed by atoms with Crippen molar-refractivity contribution < 1.29 is 28.5 Å². The lowest BCUT2D eigenvalue weighted by Gasteiger charge is -2.15. The molecule has 1 aliphatic carbocycles. The molecule has 0 radical (unpaired) electrons. The zero-order valence-corrected chi connectivity index (χ0v) is 22.9.